The molecule has 0 aliphatic heterocycles. The number of hydrogen-bond donors (Lipinski definition) is 0. The summed E-state index contributed by atoms with van der Waals surface area (Å²) >= 11 is 0. The first-order chi connectivity index (χ1) is 11.6. The molecule has 0 amide bonds. The minimum atomic E-state index is -0.640. The number of hydrogen-bond acceptors (Lipinski definition) is 6. The minimum Gasteiger partial charge on any atom is -0.492 e. The number of rotatable bonds is 7. The van der Waals surface area contributed by atoms with E-state index in [4.69, 9.17) is 18.6 Å². The Kier molecular flexibility index (Phi) is 6.01. The molecule has 128 valence electrons. The molecule has 0 saturated carbocycles. The molecule has 0 spiro atoms. The van der Waals surface area contributed by atoms with Crippen LogP contribution in [0.15, 0.2) is 39.6 Å². The highest BCUT2D eigenvalue weighted by atomic mass is 16.5. The Hall–Kier alpha value is -2.76. The molecule has 0 aliphatic rings. The number of fused-ring (bicyclic) bond motifs is 1. The third kappa shape index (κ3) is 3.95. The monoisotopic (exact) mass is 332 g/mol. The van der Waals surface area contributed by atoms with Crippen LogP contribution in [0.3, 0.4) is 0 Å². The summed E-state index contributed by atoms with van der Waals surface area (Å²) in [4.78, 5) is 23.5. The van der Waals surface area contributed by atoms with Crippen molar-refractivity contribution in [1.82, 2.24) is 0 Å². The van der Waals surface area contributed by atoms with Gasteiger partial charge in [-0.15, -0.1) is 0 Å². The van der Waals surface area contributed by atoms with Gasteiger partial charge in [0.1, 0.15) is 16.7 Å². The lowest BCUT2D eigenvalue weighted by molar-refractivity contribution is -0.131. The molecule has 6 nitrogen and oxygen atoms in total. The quantitative estimate of drug-likeness (QED) is 0.254. The van der Waals surface area contributed by atoms with Crippen molar-refractivity contribution in [1.29, 1.82) is 0 Å². The Morgan fingerprint density at radius 1 is 1.25 bits per heavy atom. The second kappa shape index (κ2) is 8.19. The number of esters is 1. The van der Waals surface area contributed by atoms with Crippen molar-refractivity contribution >= 4 is 16.9 Å². The zero-order valence-corrected chi connectivity index (χ0v) is 14.0. The molecule has 0 atom stereocenters. The van der Waals surface area contributed by atoms with Gasteiger partial charge in [0.05, 0.1) is 13.7 Å². The lowest BCUT2D eigenvalue weighted by Gasteiger charge is -2.13. The van der Waals surface area contributed by atoms with E-state index in [2.05, 4.69) is 0 Å². The first-order valence-electron chi connectivity index (χ1n) is 7.68. The second-order valence-corrected chi connectivity index (χ2v) is 4.99. The van der Waals surface area contributed by atoms with Gasteiger partial charge in [-0.1, -0.05) is 25.1 Å². The largest absolute Gasteiger partial charge is 0.492 e. The number of benzene rings is 1. The van der Waals surface area contributed by atoms with Gasteiger partial charge in [-0.05, 0) is 25.0 Å². The highest BCUT2D eigenvalue weighted by molar-refractivity contribution is 5.93. The van der Waals surface area contributed by atoms with Crippen LogP contribution in [-0.2, 0) is 4.79 Å². The van der Waals surface area contributed by atoms with Gasteiger partial charge in [0.25, 0.3) is 0 Å². The van der Waals surface area contributed by atoms with Crippen LogP contribution in [0, 0.1) is 0 Å². The van der Waals surface area contributed by atoms with Gasteiger partial charge in [-0.3, -0.25) is 4.79 Å². The Morgan fingerprint density at radius 3 is 2.71 bits per heavy atom. The highest BCUT2D eigenvalue weighted by Gasteiger charge is 2.20. The summed E-state index contributed by atoms with van der Waals surface area (Å²) < 4.78 is 21.3. The third-order valence-corrected chi connectivity index (χ3v) is 3.20. The summed E-state index contributed by atoms with van der Waals surface area (Å²) in [7, 11) is 1.42. The Morgan fingerprint density at radius 2 is 2.04 bits per heavy atom. The van der Waals surface area contributed by atoms with E-state index >= 15 is 0 Å². The van der Waals surface area contributed by atoms with Crippen molar-refractivity contribution in [2.75, 3.05) is 13.7 Å². The summed E-state index contributed by atoms with van der Waals surface area (Å²) in [6.07, 6.45) is 5.58. The molecule has 1 heterocycles. The second-order valence-electron chi connectivity index (χ2n) is 4.99. The van der Waals surface area contributed by atoms with Gasteiger partial charge < -0.3 is 18.6 Å². The first-order valence-corrected chi connectivity index (χ1v) is 7.68. The van der Waals surface area contributed by atoms with Crippen LogP contribution in [-0.4, -0.2) is 19.7 Å². The number of carbonyl (C=O) groups excluding carboxylic acids is 1. The molecule has 0 fully saturated rings. The number of methoxy groups -OCH3 is 1. The predicted octanol–water partition coefficient (Wildman–Crippen LogP) is 3.46. The average molecular weight is 332 g/mol. The molecule has 0 aliphatic carbocycles. The van der Waals surface area contributed by atoms with Crippen LogP contribution in [0.4, 0.5) is 0 Å². The summed E-state index contributed by atoms with van der Waals surface area (Å²) in [5.74, 6) is -0.0775. The fourth-order valence-corrected chi connectivity index (χ4v) is 2.24. The van der Waals surface area contributed by atoms with E-state index in [0.29, 0.717) is 18.4 Å². The Bertz CT molecular complexity index is 803. The van der Waals surface area contributed by atoms with Crippen molar-refractivity contribution in [2.24, 2.45) is 0 Å². The minimum absolute atomic E-state index is 0.0329. The molecule has 0 unspecified atom stereocenters. The van der Waals surface area contributed by atoms with Gasteiger partial charge in [0, 0.05) is 6.92 Å². The molecule has 0 bridgehead atoms. The highest BCUT2D eigenvalue weighted by Crippen LogP contribution is 2.38. The van der Waals surface area contributed by atoms with Crippen LogP contribution in [0.2, 0.25) is 0 Å². The van der Waals surface area contributed by atoms with E-state index in [9.17, 15) is 9.59 Å². The maximum atomic E-state index is 12.2. The molecular weight excluding hydrogens is 312 g/mol. The first kappa shape index (κ1) is 17.6. The van der Waals surface area contributed by atoms with E-state index in [0.717, 1.165) is 6.42 Å². The Labute approximate surface area is 139 Å². The smallest absolute Gasteiger partial charge is 0.383 e. The number of allylic oxidation sites excluding steroid dienone is 1. The van der Waals surface area contributed by atoms with Crippen LogP contribution in [0.1, 0.15) is 26.7 Å². The molecule has 0 saturated heterocycles. The molecule has 2 rings (SSSR count). The fraction of sp³-hybridized carbons (Fsp3) is 0.333. The van der Waals surface area contributed by atoms with E-state index in [1.165, 1.54) is 14.0 Å². The molecule has 0 N–H and O–H groups in total. The van der Waals surface area contributed by atoms with Crippen molar-refractivity contribution in [3.8, 4) is 17.2 Å². The number of carbonyl (C=O) groups is 1. The zero-order valence-electron chi connectivity index (χ0n) is 14.0. The average Bonchev–Trinajstić information content (AvgIpc) is 2.54. The molecule has 1 aromatic heterocycles. The SMILES string of the molecule is CC/C=C/CCOc1c(OC)c2c(OC(C)=O)cccc2oc1=O. The van der Waals surface area contributed by atoms with Crippen molar-refractivity contribution in [2.45, 2.75) is 26.7 Å². The maximum absolute atomic E-state index is 12.2. The zero-order chi connectivity index (χ0) is 17.5. The van der Waals surface area contributed by atoms with E-state index in [1.807, 2.05) is 19.1 Å². The summed E-state index contributed by atoms with van der Waals surface area (Å²) in [6, 6.07) is 4.82. The van der Waals surface area contributed by atoms with Gasteiger partial charge in [-0.2, -0.15) is 0 Å². The van der Waals surface area contributed by atoms with Gasteiger partial charge >= 0.3 is 11.6 Å². The van der Waals surface area contributed by atoms with Crippen molar-refractivity contribution in [3.63, 3.8) is 0 Å². The van der Waals surface area contributed by atoms with E-state index < -0.39 is 11.6 Å². The molecule has 24 heavy (non-hydrogen) atoms. The molecular formula is C18H20O6. The molecule has 0 radical (unpaired) electrons. The third-order valence-electron chi connectivity index (χ3n) is 3.20. The maximum Gasteiger partial charge on any atom is 0.383 e. The lowest BCUT2D eigenvalue weighted by Crippen LogP contribution is -2.11. The summed E-state index contributed by atoms with van der Waals surface area (Å²) in [6.45, 7) is 3.63. The van der Waals surface area contributed by atoms with Gasteiger partial charge in [0.15, 0.2) is 5.75 Å². The van der Waals surface area contributed by atoms with Crippen molar-refractivity contribution in [3.05, 3.63) is 40.8 Å². The standard InChI is InChI=1S/C18H20O6/c1-4-5-6-7-11-22-17-16(21-3)15-13(23-12(2)19)9-8-10-14(15)24-18(17)20/h5-6,8-10H,4,7,11H2,1-3H3/b6-5+. The van der Waals surface area contributed by atoms with Crippen LogP contribution in [0.25, 0.3) is 11.0 Å². The number of ether oxygens (including phenoxy) is 3. The topological polar surface area (TPSA) is 75.0 Å². The van der Waals surface area contributed by atoms with E-state index in [1.54, 1.807) is 18.2 Å². The van der Waals surface area contributed by atoms with Crippen molar-refractivity contribution < 1.29 is 23.4 Å². The van der Waals surface area contributed by atoms with Crippen LogP contribution in [0.5, 0.6) is 17.2 Å². The van der Waals surface area contributed by atoms with Crippen LogP contribution < -0.4 is 19.8 Å². The summed E-state index contributed by atoms with van der Waals surface area (Å²) in [5.41, 5.74) is -0.382. The molecule has 6 heteroatoms. The normalized spacial score (nSPS) is 11.0. The Balaban J connectivity index is 2.47. The van der Waals surface area contributed by atoms with Gasteiger partial charge in [-0.25, -0.2) is 4.79 Å². The fourth-order valence-electron chi connectivity index (χ4n) is 2.24. The van der Waals surface area contributed by atoms with Gasteiger partial charge in [0.2, 0.25) is 5.75 Å². The van der Waals surface area contributed by atoms with E-state index in [-0.39, 0.29) is 22.8 Å². The van der Waals surface area contributed by atoms with Crippen LogP contribution >= 0.6 is 0 Å². The predicted molar refractivity (Wildman–Crippen MR) is 89.9 cm³/mol. The molecule has 1 aromatic carbocycles. The molecule has 2 aromatic rings. The summed E-state index contributed by atoms with van der Waals surface area (Å²) in [5, 5.41) is 0.383. The lowest BCUT2D eigenvalue weighted by atomic mass is 10.2.